The molecule has 3 rings (SSSR count). The van der Waals surface area contributed by atoms with Crippen LogP contribution in [-0.2, 0) is 23.5 Å². The number of hydrogen-bond acceptors (Lipinski definition) is 4. The van der Waals surface area contributed by atoms with E-state index < -0.39 is 26.8 Å². The molecule has 2 aromatic carbocycles. The topological polar surface area (TPSA) is 104 Å². The van der Waals surface area contributed by atoms with Crippen LogP contribution < -0.4 is 16.4 Å². The fourth-order valence-electron chi connectivity index (χ4n) is 2.78. The number of primary sulfonamides is 1. The maximum atomic E-state index is 12.7. The van der Waals surface area contributed by atoms with Crippen LogP contribution in [0.15, 0.2) is 63.0 Å². The van der Waals surface area contributed by atoms with Crippen molar-refractivity contribution < 1.29 is 8.42 Å². The monoisotopic (exact) mass is 393 g/mol. The Labute approximate surface area is 154 Å². The van der Waals surface area contributed by atoms with Crippen molar-refractivity contribution in [3.05, 3.63) is 74.9 Å². The highest BCUT2D eigenvalue weighted by molar-refractivity contribution is 7.89. The van der Waals surface area contributed by atoms with Gasteiger partial charge in [0.25, 0.3) is 5.56 Å². The van der Waals surface area contributed by atoms with Gasteiger partial charge in [0.1, 0.15) is 5.50 Å². The molecule has 0 radical (unpaired) electrons. The summed E-state index contributed by atoms with van der Waals surface area (Å²) in [5.41, 5.74) is -0.717. The lowest BCUT2D eigenvalue weighted by Crippen LogP contribution is -2.40. The molecule has 0 spiro atoms. The van der Waals surface area contributed by atoms with Crippen LogP contribution in [0.4, 0.5) is 0 Å². The minimum Gasteiger partial charge on any atom is -0.296 e. The van der Waals surface area contributed by atoms with Crippen LogP contribution in [0.3, 0.4) is 0 Å². The van der Waals surface area contributed by atoms with Crippen molar-refractivity contribution in [3.8, 4) is 0 Å². The normalized spacial score (nSPS) is 13.0. The molecule has 7 nitrogen and oxygen atoms in total. The van der Waals surface area contributed by atoms with Crippen molar-refractivity contribution in [1.29, 1.82) is 0 Å². The first-order valence-electron chi connectivity index (χ1n) is 7.66. The molecule has 1 unspecified atom stereocenters. The third kappa shape index (κ3) is 3.31. The first kappa shape index (κ1) is 18.4. The SMILES string of the molecule is Cn1c(=O)n(C(Cl)Cc2ccc(S(N)(=O)=O)cc2)c(=O)c2ccccc21. The molecular weight excluding hydrogens is 378 g/mol. The highest BCUT2D eigenvalue weighted by Crippen LogP contribution is 2.18. The molecule has 1 atom stereocenters. The number of hydrogen-bond donors (Lipinski definition) is 1. The summed E-state index contributed by atoms with van der Waals surface area (Å²) in [4.78, 5) is 25.2. The molecule has 2 N–H and O–H groups in total. The highest BCUT2D eigenvalue weighted by atomic mass is 35.5. The van der Waals surface area contributed by atoms with Crippen LogP contribution in [-0.4, -0.2) is 17.6 Å². The molecule has 3 aromatic rings. The molecule has 9 heteroatoms. The van der Waals surface area contributed by atoms with Crippen molar-refractivity contribution in [2.75, 3.05) is 0 Å². The van der Waals surface area contributed by atoms with E-state index in [2.05, 4.69) is 0 Å². The standard InChI is InChI=1S/C17H16ClN3O4S/c1-20-14-5-3-2-4-13(14)16(22)21(17(20)23)15(18)10-11-6-8-12(9-7-11)26(19,24)25/h2-9,15H,10H2,1H3,(H2,19,24,25). The summed E-state index contributed by atoms with van der Waals surface area (Å²) < 4.78 is 25.0. The minimum absolute atomic E-state index is 0.0221. The largest absolute Gasteiger partial charge is 0.332 e. The summed E-state index contributed by atoms with van der Waals surface area (Å²) >= 11 is 6.36. The molecule has 0 aliphatic rings. The lowest BCUT2D eigenvalue weighted by Gasteiger charge is -2.15. The highest BCUT2D eigenvalue weighted by Gasteiger charge is 2.18. The van der Waals surface area contributed by atoms with E-state index in [-0.39, 0.29) is 11.3 Å². The van der Waals surface area contributed by atoms with E-state index >= 15 is 0 Å². The Hall–Kier alpha value is -2.42. The van der Waals surface area contributed by atoms with Gasteiger partial charge in [0.05, 0.1) is 15.8 Å². The summed E-state index contributed by atoms with van der Waals surface area (Å²) in [6.07, 6.45) is 0.167. The third-order valence-electron chi connectivity index (χ3n) is 4.14. The van der Waals surface area contributed by atoms with Gasteiger partial charge in [-0.2, -0.15) is 0 Å². The Bertz CT molecular complexity index is 1200. The van der Waals surface area contributed by atoms with Gasteiger partial charge >= 0.3 is 5.69 Å². The van der Waals surface area contributed by atoms with E-state index in [0.717, 1.165) is 4.57 Å². The number of fused-ring (bicyclic) bond motifs is 1. The maximum Gasteiger partial charge on any atom is 0.332 e. The van der Waals surface area contributed by atoms with Crippen LogP contribution in [0, 0.1) is 0 Å². The van der Waals surface area contributed by atoms with E-state index in [4.69, 9.17) is 16.7 Å². The summed E-state index contributed by atoms with van der Waals surface area (Å²) in [5, 5.41) is 5.46. The Kier molecular flexibility index (Phi) is 4.74. The maximum absolute atomic E-state index is 12.7. The average Bonchev–Trinajstić information content (AvgIpc) is 2.59. The molecule has 0 saturated carbocycles. The van der Waals surface area contributed by atoms with Gasteiger partial charge in [-0.1, -0.05) is 35.9 Å². The Morgan fingerprint density at radius 1 is 1.08 bits per heavy atom. The zero-order valence-corrected chi connectivity index (χ0v) is 15.4. The second kappa shape index (κ2) is 6.71. The summed E-state index contributed by atoms with van der Waals surface area (Å²) in [5.74, 6) is 0. The fourth-order valence-corrected chi connectivity index (χ4v) is 3.64. The van der Waals surface area contributed by atoms with Gasteiger partial charge in [0, 0.05) is 13.5 Å². The van der Waals surface area contributed by atoms with Crippen molar-refractivity contribution in [2.24, 2.45) is 12.2 Å². The molecule has 0 amide bonds. The number of nitrogens with two attached hydrogens (primary N) is 1. The van der Waals surface area contributed by atoms with Crippen LogP contribution in [0.1, 0.15) is 11.1 Å². The van der Waals surface area contributed by atoms with Gasteiger partial charge in [-0.25, -0.2) is 22.9 Å². The van der Waals surface area contributed by atoms with Crippen molar-refractivity contribution >= 4 is 32.5 Å². The molecular formula is C17H16ClN3O4S. The molecule has 0 fully saturated rings. The third-order valence-corrected chi connectivity index (χ3v) is 5.42. The molecule has 0 saturated heterocycles. The first-order valence-corrected chi connectivity index (χ1v) is 9.64. The number of rotatable bonds is 4. The lowest BCUT2D eigenvalue weighted by atomic mass is 10.1. The molecule has 0 bridgehead atoms. The number of aryl methyl sites for hydroxylation is 1. The van der Waals surface area contributed by atoms with Crippen molar-refractivity contribution in [2.45, 2.75) is 16.8 Å². The van der Waals surface area contributed by atoms with Gasteiger partial charge in [0.2, 0.25) is 10.0 Å². The van der Waals surface area contributed by atoms with Gasteiger partial charge in [-0.05, 0) is 29.8 Å². The second-order valence-electron chi connectivity index (χ2n) is 5.86. The van der Waals surface area contributed by atoms with E-state index in [1.165, 1.54) is 16.7 Å². The van der Waals surface area contributed by atoms with Crippen LogP contribution in [0.25, 0.3) is 10.9 Å². The van der Waals surface area contributed by atoms with Crippen molar-refractivity contribution in [3.63, 3.8) is 0 Å². The molecule has 1 heterocycles. The molecule has 136 valence electrons. The number of benzene rings is 2. The zero-order valence-electron chi connectivity index (χ0n) is 13.8. The second-order valence-corrected chi connectivity index (χ2v) is 7.93. The van der Waals surface area contributed by atoms with Gasteiger partial charge in [-0.3, -0.25) is 9.36 Å². The first-order chi connectivity index (χ1) is 12.2. The summed E-state index contributed by atoms with van der Waals surface area (Å²) in [7, 11) is -2.21. The molecule has 0 aliphatic carbocycles. The number of halogens is 1. The predicted octanol–water partition coefficient (Wildman–Crippen LogP) is 1.33. The molecule has 26 heavy (non-hydrogen) atoms. The predicted molar refractivity (Wildman–Crippen MR) is 99.9 cm³/mol. The summed E-state index contributed by atoms with van der Waals surface area (Å²) in [6, 6.07) is 12.6. The number of aromatic nitrogens is 2. The van der Waals surface area contributed by atoms with Crippen molar-refractivity contribution in [1.82, 2.24) is 9.13 Å². The Morgan fingerprint density at radius 3 is 2.31 bits per heavy atom. The number of sulfonamides is 1. The van der Waals surface area contributed by atoms with Crippen LogP contribution in [0.2, 0.25) is 0 Å². The van der Waals surface area contributed by atoms with E-state index in [1.54, 1.807) is 43.4 Å². The zero-order chi connectivity index (χ0) is 19.1. The van der Waals surface area contributed by atoms with E-state index in [9.17, 15) is 18.0 Å². The Balaban J connectivity index is 2.02. The lowest BCUT2D eigenvalue weighted by molar-refractivity contribution is 0.581. The Morgan fingerprint density at radius 2 is 1.69 bits per heavy atom. The van der Waals surface area contributed by atoms with Gasteiger partial charge < -0.3 is 0 Å². The number of para-hydroxylation sites is 1. The van der Waals surface area contributed by atoms with Gasteiger partial charge in [-0.15, -0.1) is 0 Å². The molecule has 1 aromatic heterocycles. The quantitative estimate of drug-likeness (QED) is 0.675. The van der Waals surface area contributed by atoms with Gasteiger partial charge in [0.15, 0.2) is 0 Å². The average molecular weight is 394 g/mol. The fraction of sp³-hybridized carbons (Fsp3) is 0.176. The smallest absolute Gasteiger partial charge is 0.296 e. The summed E-state index contributed by atoms with van der Waals surface area (Å²) in [6.45, 7) is 0. The van der Waals surface area contributed by atoms with Crippen LogP contribution in [0.5, 0.6) is 0 Å². The number of alkyl halides is 1. The van der Waals surface area contributed by atoms with E-state index in [1.807, 2.05) is 0 Å². The van der Waals surface area contributed by atoms with E-state index in [0.29, 0.717) is 16.5 Å². The number of nitrogens with zero attached hydrogens (tertiary/aromatic N) is 2. The molecule has 0 aliphatic heterocycles. The van der Waals surface area contributed by atoms with Crippen LogP contribution >= 0.6 is 11.6 Å². The minimum atomic E-state index is -3.79.